The highest BCUT2D eigenvalue weighted by Gasteiger charge is 2.41. The molecule has 5 heteroatoms. The van der Waals surface area contributed by atoms with Gasteiger partial charge in [-0.05, 0) is 35.5 Å². The molecule has 1 heterocycles. The lowest BCUT2D eigenvalue weighted by atomic mass is 9.94. The van der Waals surface area contributed by atoms with Crippen LogP contribution < -0.4 is 5.32 Å². The molecule has 3 rings (SSSR count). The Labute approximate surface area is 122 Å². The van der Waals surface area contributed by atoms with Gasteiger partial charge in [0.05, 0.1) is 12.1 Å². The number of nitrogens with one attached hydrogen (secondary N) is 1. The smallest absolute Gasteiger partial charge is 0.252 e. The van der Waals surface area contributed by atoms with E-state index in [1.54, 1.807) is 11.8 Å². The molecule has 0 saturated carbocycles. The highest BCUT2D eigenvalue weighted by Crippen LogP contribution is 2.33. The first kappa shape index (κ1) is 13.9. The molecule has 20 heavy (non-hydrogen) atoms. The van der Waals surface area contributed by atoms with E-state index >= 15 is 0 Å². The van der Waals surface area contributed by atoms with Gasteiger partial charge in [0.25, 0.3) is 5.91 Å². The maximum atomic E-state index is 12.3. The number of carbonyl (C=O) groups excluding carboxylic acids is 1. The zero-order chi connectivity index (χ0) is 14.2. The Hall–Kier alpha value is -1.04. The van der Waals surface area contributed by atoms with Gasteiger partial charge >= 0.3 is 0 Å². The summed E-state index contributed by atoms with van der Waals surface area (Å²) in [6.07, 6.45) is 0.898. The van der Waals surface area contributed by atoms with Crippen molar-refractivity contribution in [1.29, 1.82) is 0 Å². The summed E-state index contributed by atoms with van der Waals surface area (Å²) >= 11 is 1.76. The molecule has 1 aromatic rings. The number of amides is 1. The number of aliphatic hydroxyl groups excluding tert-OH is 1. The van der Waals surface area contributed by atoms with Gasteiger partial charge in [0.2, 0.25) is 0 Å². The van der Waals surface area contributed by atoms with Gasteiger partial charge in [-0.3, -0.25) is 4.79 Å². The van der Waals surface area contributed by atoms with Crippen molar-refractivity contribution in [3.8, 4) is 0 Å². The fraction of sp³-hybridized carbons (Fsp3) is 0.533. The third kappa shape index (κ3) is 2.45. The topological polar surface area (TPSA) is 69.6 Å². The van der Waals surface area contributed by atoms with E-state index in [1.807, 2.05) is 24.3 Å². The largest absolute Gasteiger partial charge is 0.390 e. The average Bonchev–Trinajstić information content (AvgIpc) is 2.76. The maximum absolute atomic E-state index is 12.3. The predicted molar refractivity (Wildman–Crippen MR) is 78.5 cm³/mol. The molecule has 0 unspecified atom stereocenters. The van der Waals surface area contributed by atoms with E-state index in [9.17, 15) is 15.0 Å². The first-order valence-electron chi connectivity index (χ1n) is 6.97. The molecule has 0 aromatic heterocycles. The van der Waals surface area contributed by atoms with E-state index in [1.165, 1.54) is 0 Å². The molecule has 0 bridgehead atoms. The van der Waals surface area contributed by atoms with Crippen molar-refractivity contribution in [3.63, 3.8) is 0 Å². The van der Waals surface area contributed by atoms with Crippen molar-refractivity contribution in [2.75, 3.05) is 11.5 Å². The number of thioether (sulfide) groups is 1. The SMILES string of the molecule is O=C(N[C@@H]1c2ccccc2C[C@@H]1O)C1(O)CCSCC1. The molecule has 1 fully saturated rings. The molecule has 0 radical (unpaired) electrons. The molecule has 108 valence electrons. The predicted octanol–water partition coefficient (Wildman–Crippen LogP) is 1.02. The second kappa shape index (κ2) is 5.39. The highest BCUT2D eigenvalue weighted by atomic mass is 32.2. The van der Waals surface area contributed by atoms with E-state index < -0.39 is 17.7 Å². The van der Waals surface area contributed by atoms with Gasteiger partial charge in [-0.25, -0.2) is 0 Å². The quantitative estimate of drug-likeness (QED) is 0.761. The second-order valence-corrected chi connectivity index (χ2v) is 6.79. The summed E-state index contributed by atoms with van der Waals surface area (Å²) in [5.41, 5.74) is 0.751. The van der Waals surface area contributed by atoms with Crippen molar-refractivity contribution in [3.05, 3.63) is 35.4 Å². The zero-order valence-corrected chi connectivity index (χ0v) is 12.0. The van der Waals surface area contributed by atoms with Gasteiger partial charge in [-0.2, -0.15) is 11.8 Å². The summed E-state index contributed by atoms with van der Waals surface area (Å²) in [4.78, 5) is 12.3. The van der Waals surface area contributed by atoms with Gasteiger partial charge in [0.15, 0.2) is 0 Å². The van der Waals surface area contributed by atoms with Crippen LogP contribution in [0.4, 0.5) is 0 Å². The van der Waals surface area contributed by atoms with Crippen LogP contribution in [0.2, 0.25) is 0 Å². The Balaban J connectivity index is 1.76. The Kier molecular flexibility index (Phi) is 3.75. The summed E-state index contributed by atoms with van der Waals surface area (Å²) in [6, 6.07) is 7.33. The molecule has 2 atom stereocenters. The standard InChI is InChI=1S/C15H19NO3S/c17-12-9-10-3-1-2-4-11(10)13(12)16-14(18)15(19)5-7-20-8-6-15/h1-4,12-13,17,19H,5-9H2,(H,16,18)/t12-,13+/m0/s1. The van der Waals surface area contributed by atoms with Crippen LogP contribution in [0.1, 0.15) is 30.0 Å². The number of rotatable bonds is 2. The minimum Gasteiger partial charge on any atom is -0.390 e. The number of benzene rings is 1. The van der Waals surface area contributed by atoms with Gasteiger partial charge < -0.3 is 15.5 Å². The molecule has 0 spiro atoms. The lowest BCUT2D eigenvalue weighted by Gasteiger charge is -2.32. The van der Waals surface area contributed by atoms with Gasteiger partial charge in [-0.1, -0.05) is 24.3 Å². The van der Waals surface area contributed by atoms with Crippen LogP contribution in [-0.4, -0.2) is 39.3 Å². The van der Waals surface area contributed by atoms with Crippen molar-refractivity contribution in [2.24, 2.45) is 0 Å². The number of hydrogen-bond acceptors (Lipinski definition) is 4. The molecule has 1 saturated heterocycles. The highest BCUT2D eigenvalue weighted by molar-refractivity contribution is 7.99. The molecule has 2 aliphatic rings. The van der Waals surface area contributed by atoms with Gasteiger partial charge in [0, 0.05) is 6.42 Å². The van der Waals surface area contributed by atoms with E-state index in [0.717, 1.165) is 22.6 Å². The van der Waals surface area contributed by atoms with E-state index in [-0.39, 0.29) is 5.91 Å². The number of hydrogen-bond donors (Lipinski definition) is 3. The zero-order valence-electron chi connectivity index (χ0n) is 11.2. The second-order valence-electron chi connectivity index (χ2n) is 5.57. The molecule has 1 aliphatic heterocycles. The molecular formula is C15H19NO3S. The van der Waals surface area contributed by atoms with Crippen LogP contribution in [0, 0.1) is 0 Å². The Bertz CT molecular complexity index is 514. The first-order chi connectivity index (χ1) is 9.60. The van der Waals surface area contributed by atoms with Gasteiger partial charge in [0.1, 0.15) is 5.60 Å². The van der Waals surface area contributed by atoms with Crippen LogP contribution in [0.15, 0.2) is 24.3 Å². The normalized spacial score (nSPS) is 27.9. The van der Waals surface area contributed by atoms with Crippen molar-refractivity contribution in [1.82, 2.24) is 5.32 Å². The minimum atomic E-state index is -1.28. The molecular weight excluding hydrogens is 274 g/mol. The first-order valence-corrected chi connectivity index (χ1v) is 8.12. The van der Waals surface area contributed by atoms with Crippen LogP contribution >= 0.6 is 11.8 Å². The fourth-order valence-electron chi connectivity index (χ4n) is 2.96. The number of fused-ring (bicyclic) bond motifs is 1. The summed E-state index contributed by atoms with van der Waals surface area (Å²) in [7, 11) is 0. The fourth-order valence-corrected chi connectivity index (χ4v) is 4.13. The van der Waals surface area contributed by atoms with Crippen LogP contribution in [0.3, 0.4) is 0 Å². The monoisotopic (exact) mass is 293 g/mol. The molecule has 3 N–H and O–H groups in total. The van der Waals surface area contributed by atoms with Crippen molar-refractivity contribution < 1.29 is 15.0 Å². The average molecular weight is 293 g/mol. The summed E-state index contributed by atoms with van der Waals surface area (Å²) in [5, 5.41) is 23.4. The summed E-state index contributed by atoms with van der Waals surface area (Å²) < 4.78 is 0. The Morgan fingerprint density at radius 1 is 1.30 bits per heavy atom. The third-order valence-corrected chi connectivity index (χ3v) is 5.22. The lowest BCUT2D eigenvalue weighted by molar-refractivity contribution is -0.142. The number of carbonyl (C=O) groups is 1. The van der Waals surface area contributed by atoms with Crippen molar-refractivity contribution in [2.45, 2.75) is 37.0 Å². The van der Waals surface area contributed by atoms with E-state index in [4.69, 9.17) is 0 Å². The summed E-state index contributed by atoms with van der Waals surface area (Å²) in [6.45, 7) is 0. The Morgan fingerprint density at radius 3 is 2.75 bits per heavy atom. The van der Waals surface area contributed by atoms with Crippen LogP contribution in [0.5, 0.6) is 0 Å². The van der Waals surface area contributed by atoms with Gasteiger partial charge in [-0.15, -0.1) is 0 Å². The molecule has 1 amide bonds. The summed E-state index contributed by atoms with van der Waals surface area (Å²) in [5.74, 6) is 1.25. The number of aliphatic hydroxyl groups is 2. The minimum absolute atomic E-state index is 0.349. The Morgan fingerprint density at radius 2 is 2.00 bits per heavy atom. The van der Waals surface area contributed by atoms with Crippen LogP contribution in [-0.2, 0) is 11.2 Å². The van der Waals surface area contributed by atoms with Crippen LogP contribution in [0.25, 0.3) is 0 Å². The van der Waals surface area contributed by atoms with E-state index in [2.05, 4.69) is 5.32 Å². The molecule has 1 aromatic carbocycles. The molecule has 1 aliphatic carbocycles. The lowest BCUT2D eigenvalue weighted by Crippen LogP contribution is -2.51. The third-order valence-electron chi connectivity index (χ3n) is 4.23. The van der Waals surface area contributed by atoms with Crippen molar-refractivity contribution >= 4 is 17.7 Å². The maximum Gasteiger partial charge on any atom is 0.252 e. The van der Waals surface area contributed by atoms with E-state index in [0.29, 0.717) is 19.3 Å². The molecule has 4 nitrogen and oxygen atoms in total.